The molecule has 3 aromatic rings. The number of nitrogens with one attached hydrogen (secondary N) is 2. The Morgan fingerprint density at radius 1 is 1.15 bits per heavy atom. The second-order valence-corrected chi connectivity index (χ2v) is 4.78. The van der Waals surface area contributed by atoms with Gasteiger partial charge in [0.15, 0.2) is 0 Å². The molecule has 0 saturated carbocycles. The van der Waals surface area contributed by atoms with Gasteiger partial charge in [0.25, 0.3) is 5.56 Å². The van der Waals surface area contributed by atoms with Crippen molar-refractivity contribution in [2.24, 2.45) is 0 Å². The van der Waals surface area contributed by atoms with Crippen LogP contribution in [0.25, 0.3) is 16.6 Å². The maximum atomic E-state index is 11.9. The molecule has 0 bridgehead atoms. The summed E-state index contributed by atoms with van der Waals surface area (Å²) in [6.45, 7) is 0. The Kier molecular flexibility index (Phi) is 2.71. The highest BCUT2D eigenvalue weighted by molar-refractivity contribution is 5.94. The van der Waals surface area contributed by atoms with Gasteiger partial charge in [-0.1, -0.05) is 0 Å². The molecule has 0 aliphatic rings. The zero-order chi connectivity index (χ0) is 14.3. The van der Waals surface area contributed by atoms with Crippen LogP contribution in [-0.2, 0) is 0 Å². The highest BCUT2D eigenvalue weighted by Gasteiger charge is 2.09. The van der Waals surface area contributed by atoms with Gasteiger partial charge in [0.1, 0.15) is 0 Å². The summed E-state index contributed by atoms with van der Waals surface area (Å²) in [6, 6.07) is 7.11. The summed E-state index contributed by atoms with van der Waals surface area (Å²) < 4.78 is 1.41. The van der Waals surface area contributed by atoms with Crippen molar-refractivity contribution in [3.63, 3.8) is 0 Å². The molecule has 0 amide bonds. The van der Waals surface area contributed by atoms with Gasteiger partial charge in [-0.15, -0.1) is 0 Å². The molecule has 1 aromatic carbocycles. The number of fused-ring (bicyclic) bond motifs is 1. The van der Waals surface area contributed by atoms with Gasteiger partial charge in [-0.05, 0) is 18.2 Å². The smallest absolute Gasteiger partial charge is 0.332 e. The average Bonchev–Trinajstić information content (AvgIpc) is 2.85. The molecule has 2 heterocycles. The van der Waals surface area contributed by atoms with Crippen LogP contribution < -0.4 is 16.1 Å². The lowest BCUT2D eigenvalue weighted by Crippen LogP contribution is -2.27. The number of H-pyrrole nitrogens is 2. The lowest BCUT2D eigenvalue weighted by Gasteiger charge is -2.16. The van der Waals surface area contributed by atoms with Crippen LogP contribution in [-0.4, -0.2) is 28.6 Å². The predicted molar refractivity (Wildman–Crippen MR) is 78.8 cm³/mol. The van der Waals surface area contributed by atoms with Gasteiger partial charge in [0.05, 0.1) is 5.69 Å². The van der Waals surface area contributed by atoms with E-state index in [0.717, 1.165) is 16.6 Å². The number of aromatic amines is 2. The van der Waals surface area contributed by atoms with Crippen molar-refractivity contribution in [3.8, 4) is 5.69 Å². The SMILES string of the molecule is CN(C)c1cc(-n2ccc(=O)[nH]c2=O)cc2[nH]ccc12. The molecule has 3 rings (SSSR count). The predicted octanol–water partition coefficient (Wildman–Crippen LogP) is 1.07. The van der Waals surface area contributed by atoms with Crippen molar-refractivity contribution in [2.75, 3.05) is 19.0 Å². The van der Waals surface area contributed by atoms with E-state index in [1.165, 1.54) is 16.8 Å². The molecule has 102 valence electrons. The molecular formula is C14H14N4O2. The fraction of sp³-hybridized carbons (Fsp3) is 0.143. The first kappa shape index (κ1) is 12.3. The highest BCUT2D eigenvalue weighted by Crippen LogP contribution is 2.27. The Morgan fingerprint density at radius 3 is 2.65 bits per heavy atom. The Balaban J connectivity index is 2.31. The van der Waals surface area contributed by atoms with Gasteiger partial charge in [-0.2, -0.15) is 0 Å². The number of aromatic nitrogens is 3. The molecule has 2 N–H and O–H groups in total. The third-order valence-electron chi connectivity index (χ3n) is 3.22. The highest BCUT2D eigenvalue weighted by atomic mass is 16.2. The van der Waals surface area contributed by atoms with Gasteiger partial charge in [-0.3, -0.25) is 14.3 Å². The number of benzene rings is 1. The van der Waals surface area contributed by atoms with E-state index in [1.807, 2.05) is 43.4 Å². The minimum absolute atomic E-state index is 0.403. The number of nitrogens with zero attached hydrogens (tertiary/aromatic N) is 2. The van der Waals surface area contributed by atoms with E-state index in [9.17, 15) is 9.59 Å². The van der Waals surface area contributed by atoms with E-state index in [2.05, 4.69) is 9.97 Å². The minimum Gasteiger partial charge on any atom is -0.377 e. The monoisotopic (exact) mass is 270 g/mol. The van der Waals surface area contributed by atoms with Crippen molar-refractivity contribution in [1.82, 2.24) is 14.5 Å². The first-order chi connectivity index (χ1) is 9.56. The third-order valence-corrected chi connectivity index (χ3v) is 3.22. The van der Waals surface area contributed by atoms with Crippen LogP contribution in [0.1, 0.15) is 0 Å². The largest absolute Gasteiger partial charge is 0.377 e. The van der Waals surface area contributed by atoms with E-state index < -0.39 is 11.2 Å². The third kappa shape index (κ3) is 1.91. The van der Waals surface area contributed by atoms with Crippen LogP contribution in [0.3, 0.4) is 0 Å². The molecule has 0 unspecified atom stereocenters. The number of hydrogen-bond acceptors (Lipinski definition) is 3. The molecule has 0 radical (unpaired) electrons. The Bertz CT molecular complexity index is 886. The molecule has 0 atom stereocenters. The van der Waals surface area contributed by atoms with Gasteiger partial charge in [0, 0.05) is 49.1 Å². The minimum atomic E-state index is -0.451. The van der Waals surface area contributed by atoms with E-state index >= 15 is 0 Å². The first-order valence-corrected chi connectivity index (χ1v) is 6.17. The first-order valence-electron chi connectivity index (χ1n) is 6.17. The summed E-state index contributed by atoms with van der Waals surface area (Å²) in [5.74, 6) is 0. The standard InChI is InChI=1S/C14H14N4O2/c1-17(2)12-8-9(7-11-10(12)3-5-15-11)18-6-4-13(19)16-14(18)20/h3-8,15H,1-2H3,(H,16,19,20). The number of anilines is 1. The van der Waals surface area contributed by atoms with Crippen LogP contribution in [0.5, 0.6) is 0 Å². The molecule has 6 heteroatoms. The fourth-order valence-electron chi connectivity index (χ4n) is 2.26. The second kappa shape index (κ2) is 4.41. The van der Waals surface area contributed by atoms with Crippen LogP contribution in [0.2, 0.25) is 0 Å². The van der Waals surface area contributed by atoms with Crippen molar-refractivity contribution in [3.05, 3.63) is 57.5 Å². The lowest BCUT2D eigenvalue weighted by molar-refractivity contribution is 0.896. The summed E-state index contributed by atoms with van der Waals surface area (Å²) >= 11 is 0. The Morgan fingerprint density at radius 2 is 1.95 bits per heavy atom. The average molecular weight is 270 g/mol. The molecule has 6 nitrogen and oxygen atoms in total. The molecular weight excluding hydrogens is 256 g/mol. The van der Waals surface area contributed by atoms with Crippen LogP contribution in [0.4, 0.5) is 5.69 Å². The fourth-order valence-corrected chi connectivity index (χ4v) is 2.26. The molecule has 0 spiro atoms. The van der Waals surface area contributed by atoms with E-state index in [1.54, 1.807) is 0 Å². The molecule has 0 fully saturated rings. The van der Waals surface area contributed by atoms with Gasteiger partial charge >= 0.3 is 5.69 Å². The molecule has 0 saturated heterocycles. The van der Waals surface area contributed by atoms with Crippen molar-refractivity contribution in [1.29, 1.82) is 0 Å². The molecule has 0 aliphatic carbocycles. The number of rotatable bonds is 2. The van der Waals surface area contributed by atoms with Crippen molar-refractivity contribution >= 4 is 16.6 Å². The van der Waals surface area contributed by atoms with Gasteiger partial charge in [-0.25, -0.2) is 4.79 Å². The summed E-state index contributed by atoms with van der Waals surface area (Å²) in [5, 5.41) is 1.08. The maximum Gasteiger partial charge on any atom is 0.332 e. The van der Waals surface area contributed by atoms with Crippen LogP contribution >= 0.6 is 0 Å². The van der Waals surface area contributed by atoms with Gasteiger partial charge < -0.3 is 9.88 Å². The molecule has 0 aliphatic heterocycles. The summed E-state index contributed by atoms with van der Waals surface area (Å²) in [6.07, 6.45) is 3.34. The van der Waals surface area contributed by atoms with Gasteiger partial charge in [0.2, 0.25) is 0 Å². The summed E-state index contributed by atoms with van der Waals surface area (Å²) in [7, 11) is 3.89. The second-order valence-electron chi connectivity index (χ2n) is 4.78. The van der Waals surface area contributed by atoms with E-state index in [0.29, 0.717) is 5.69 Å². The Labute approximate surface area is 114 Å². The maximum absolute atomic E-state index is 11.9. The zero-order valence-corrected chi connectivity index (χ0v) is 11.2. The lowest BCUT2D eigenvalue weighted by atomic mass is 10.2. The molecule has 20 heavy (non-hydrogen) atoms. The normalized spacial score (nSPS) is 10.9. The summed E-state index contributed by atoms with van der Waals surface area (Å²) in [4.78, 5) is 30.4. The quantitative estimate of drug-likeness (QED) is 0.731. The Hall–Kier alpha value is -2.76. The number of hydrogen-bond donors (Lipinski definition) is 2. The van der Waals surface area contributed by atoms with E-state index in [-0.39, 0.29) is 0 Å². The van der Waals surface area contributed by atoms with Crippen LogP contribution in [0.15, 0.2) is 46.2 Å². The topological polar surface area (TPSA) is 73.9 Å². The van der Waals surface area contributed by atoms with E-state index in [4.69, 9.17) is 0 Å². The van der Waals surface area contributed by atoms with Crippen molar-refractivity contribution in [2.45, 2.75) is 0 Å². The van der Waals surface area contributed by atoms with Crippen LogP contribution in [0, 0.1) is 0 Å². The zero-order valence-electron chi connectivity index (χ0n) is 11.2. The summed E-state index contributed by atoms with van der Waals surface area (Å²) in [5.41, 5.74) is 1.78. The van der Waals surface area contributed by atoms with Crippen molar-refractivity contribution < 1.29 is 0 Å². The molecule has 2 aromatic heterocycles.